The van der Waals surface area contributed by atoms with E-state index in [0.717, 1.165) is 5.56 Å². The maximum atomic E-state index is 11.8. The van der Waals surface area contributed by atoms with Gasteiger partial charge in [-0.3, -0.25) is 14.4 Å². The van der Waals surface area contributed by atoms with Crippen molar-refractivity contribution in [2.75, 3.05) is 17.2 Å². The highest BCUT2D eigenvalue weighted by atomic mass is 35.5. The second-order valence-corrected chi connectivity index (χ2v) is 6.07. The number of aryl methyl sites for hydroxylation is 1. The molecule has 2 rings (SSSR count). The summed E-state index contributed by atoms with van der Waals surface area (Å²) in [7, 11) is 0. The van der Waals surface area contributed by atoms with Crippen LogP contribution in [0.5, 0.6) is 0 Å². The van der Waals surface area contributed by atoms with Gasteiger partial charge in [-0.15, -0.1) is 0 Å². The van der Waals surface area contributed by atoms with Crippen LogP contribution < -0.4 is 10.6 Å². The summed E-state index contributed by atoms with van der Waals surface area (Å²) in [4.78, 5) is 35.2. The molecule has 0 aliphatic heterocycles. The summed E-state index contributed by atoms with van der Waals surface area (Å²) < 4.78 is 4.86. The minimum atomic E-state index is -0.620. The number of benzene rings is 2. The zero-order valence-electron chi connectivity index (χ0n) is 14.3. The van der Waals surface area contributed by atoms with Crippen molar-refractivity contribution < 1.29 is 19.1 Å². The monoisotopic (exact) mass is 374 g/mol. The third-order valence-electron chi connectivity index (χ3n) is 3.33. The van der Waals surface area contributed by atoms with E-state index in [1.807, 2.05) is 25.1 Å². The number of hydrogen-bond acceptors (Lipinski definition) is 4. The van der Waals surface area contributed by atoms with Crippen LogP contribution in [0.1, 0.15) is 18.4 Å². The molecule has 0 saturated heterocycles. The summed E-state index contributed by atoms with van der Waals surface area (Å²) in [5.74, 6) is -1.40. The minimum Gasteiger partial charge on any atom is -0.456 e. The van der Waals surface area contributed by atoms with Crippen molar-refractivity contribution >= 4 is 40.8 Å². The first kappa shape index (κ1) is 19.5. The van der Waals surface area contributed by atoms with E-state index in [2.05, 4.69) is 10.6 Å². The van der Waals surface area contributed by atoms with E-state index in [1.54, 1.807) is 30.3 Å². The minimum absolute atomic E-state index is 0.0251. The molecule has 0 aromatic heterocycles. The van der Waals surface area contributed by atoms with Gasteiger partial charge in [-0.1, -0.05) is 29.8 Å². The maximum Gasteiger partial charge on any atom is 0.306 e. The predicted octanol–water partition coefficient (Wildman–Crippen LogP) is 3.55. The van der Waals surface area contributed by atoms with Crippen molar-refractivity contribution in [3.63, 3.8) is 0 Å². The average Bonchev–Trinajstić information content (AvgIpc) is 2.58. The standard InChI is InChI=1S/C19H19ClN2O4/c1-13-4-2-6-15(10-13)21-17(23)8-9-19(25)26-12-18(24)22-16-7-3-5-14(20)11-16/h2-7,10-11H,8-9,12H2,1H3,(H,21,23)(H,22,24). The molecule has 0 heterocycles. The summed E-state index contributed by atoms with van der Waals surface area (Å²) >= 11 is 5.82. The van der Waals surface area contributed by atoms with E-state index in [-0.39, 0.29) is 18.7 Å². The number of hydrogen-bond donors (Lipinski definition) is 2. The molecular weight excluding hydrogens is 356 g/mol. The zero-order valence-corrected chi connectivity index (χ0v) is 15.0. The fourth-order valence-electron chi connectivity index (χ4n) is 2.14. The van der Waals surface area contributed by atoms with Gasteiger partial charge in [0.15, 0.2) is 6.61 Å². The molecule has 2 N–H and O–H groups in total. The lowest BCUT2D eigenvalue weighted by Crippen LogP contribution is -2.21. The molecule has 0 bridgehead atoms. The van der Waals surface area contributed by atoms with Crippen molar-refractivity contribution in [3.8, 4) is 0 Å². The van der Waals surface area contributed by atoms with Crippen LogP contribution >= 0.6 is 11.6 Å². The predicted molar refractivity (Wildman–Crippen MR) is 100 cm³/mol. The molecule has 7 heteroatoms. The van der Waals surface area contributed by atoms with Gasteiger partial charge in [-0.25, -0.2) is 0 Å². The van der Waals surface area contributed by atoms with Crippen LogP contribution in [0.25, 0.3) is 0 Å². The van der Waals surface area contributed by atoms with E-state index < -0.39 is 18.5 Å². The van der Waals surface area contributed by atoms with Crippen molar-refractivity contribution in [2.24, 2.45) is 0 Å². The SMILES string of the molecule is Cc1cccc(NC(=O)CCC(=O)OCC(=O)Nc2cccc(Cl)c2)c1. The molecular formula is C19H19ClN2O4. The van der Waals surface area contributed by atoms with Gasteiger partial charge < -0.3 is 15.4 Å². The van der Waals surface area contributed by atoms with Crippen molar-refractivity contribution in [1.29, 1.82) is 0 Å². The summed E-state index contributed by atoms with van der Waals surface area (Å²) in [6, 6.07) is 14.0. The van der Waals surface area contributed by atoms with E-state index in [0.29, 0.717) is 16.4 Å². The molecule has 2 aromatic rings. The van der Waals surface area contributed by atoms with Gasteiger partial charge >= 0.3 is 5.97 Å². The largest absolute Gasteiger partial charge is 0.456 e. The van der Waals surface area contributed by atoms with Gasteiger partial charge in [0.2, 0.25) is 5.91 Å². The first-order chi connectivity index (χ1) is 12.4. The van der Waals surface area contributed by atoms with E-state index in [4.69, 9.17) is 16.3 Å². The van der Waals surface area contributed by atoms with Gasteiger partial charge in [0.1, 0.15) is 0 Å². The van der Waals surface area contributed by atoms with Crippen LogP contribution in [-0.2, 0) is 19.1 Å². The molecule has 0 spiro atoms. The number of ether oxygens (including phenoxy) is 1. The molecule has 0 radical (unpaired) electrons. The molecule has 2 amide bonds. The fourth-order valence-corrected chi connectivity index (χ4v) is 2.33. The number of halogens is 1. The summed E-state index contributed by atoms with van der Waals surface area (Å²) in [6.45, 7) is 1.49. The number of nitrogens with one attached hydrogen (secondary N) is 2. The second kappa shape index (κ2) is 9.58. The first-order valence-electron chi connectivity index (χ1n) is 8.00. The number of carbonyl (C=O) groups excluding carboxylic acids is 3. The number of rotatable bonds is 7. The molecule has 0 aliphatic carbocycles. The van der Waals surface area contributed by atoms with Gasteiger partial charge in [0.05, 0.1) is 6.42 Å². The van der Waals surface area contributed by atoms with Crippen LogP contribution in [0.4, 0.5) is 11.4 Å². The molecule has 2 aromatic carbocycles. The van der Waals surface area contributed by atoms with Gasteiger partial charge in [0, 0.05) is 22.8 Å². The summed E-state index contributed by atoms with van der Waals surface area (Å²) in [5, 5.41) is 5.75. The molecule has 6 nitrogen and oxygen atoms in total. The van der Waals surface area contributed by atoms with Crippen LogP contribution in [0.2, 0.25) is 5.02 Å². The van der Waals surface area contributed by atoms with E-state index in [9.17, 15) is 14.4 Å². The van der Waals surface area contributed by atoms with Crippen LogP contribution in [-0.4, -0.2) is 24.4 Å². The fraction of sp³-hybridized carbons (Fsp3) is 0.211. The maximum absolute atomic E-state index is 11.8. The molecule has 136 valence electrons. The van der Waals surface area contributed by atoms with E-state index in [1.165, 1.54) is 0 Å². The Balaban J connectivity index is 1.68. The smallest absolute Gasteiger partial charge is 0.306 e. The number of carbonyl (C=O) groups is 3. The highest BCUT2D eigenvalue weighted by Gasteiger charge is 2.11. The highest BCUT2D eigenvalue weighted by molar-refractivity contribution is 6.30. The Morgan fingerprint density at radius 3 is 2.27 bits per heavy atom. The summed E-state index contributed by atoms with van der Waals surface area (Å²) in [6.07, 6.45) is -0.134. The molecule has 0 fully saturated rings. The Morgan fingerprint density at radius 1 is 0.923 bits per heavy atom. The van der Waals surface area contributed by atoms with E-state index >= 15 is 0 Å². The topological polar surface area (TPSA) is 84.5 Å². The van der Waals surface area contributed by atoms with Crippen LogP contribution in [0.3, 0.4) is 0 Å². The summed E-state index contributed by atoms with van der Waals surface area (Å²) in [5.41, 5.74) is 2.20. The van der Waals surface area contributed by atoms with Gasteiger partial charge in [-0.05, 0) is 42.8 Å². The second-order valence-electron chi connectivity index (χ2n) is 5.64. The lowest BCUT2D eigenvalue weighted by molar-refractivity contribution is -0.147. The first-order valence-corrected chi connectivity index (χ1v) is 8.38. The van der Waals surface area contributed by atoms with Gasteiger partial charge in [0.25, 0.3) is 5.91 Å². The third-order valence-corrected chi connectivity index (χ3v) is 3.57. The normalized spacial score (nSPS) is 10.1. The van der Waals surface area contributed by atoms with Gasteiger partial charge in [-0.2, -0.15) is 0 Å². The average molecular weight is 375 g/mol. The van der Waals surface area contributed by atoms with Crippen molar-refractivity contribution in [2.45, 2.75) is 19.8 Å². The molecule has 0 unspecified atom stereocenters. The Bertz CT molecular complexity index is 742. The number of anilines is 2. The molecule has 0 aliphatic rings. The lowest BCUT2D eigenvalue weighted by Gasteiger charge is -2.08. The van der Waals surface area contributed by atoms with Crippen molar-refractivity contribution in [3.05, 3.63) is 59.1 Å². The van der Waals surface area contributed by atoms with Crippen LogP contribution in [0.15, 0.2) is 48.5 Å². The zero-order chi connectivity index (χ0) is 18.9. The lowest BCUT2D eigenvalue weighted by atomic mass is 10.2. The Kier molecular flexibility index (Phi) is 7.17. The molecule has 26 heavy (non-hydrogen) atoms. The Labute approximate surface area is 156 Å². The highest BCUT2D eigenvalue weighted by Crippen LogP contribution is 2.14. The Morgan fingerprint density at radius 2 is 1.58 bits per heavy atom. The van der Waals surface area contributed by atoms with Crippen LogP contribution in [0, 0.1) is 6.92 Å². The molecule has 0 atom stereocenters. The Hall–Kier alpha value is -2.86. The van der Waals surface area contributed by atoms with Crippen molar-refractivity contribution in [1.82, 2.24) is 0 Å². The quantitative estimate of drug-likeness (QED) is 0.726. The number of amides is 2. The molecule has 0 saturated carbocycles. The number of esters is 1. The third kappa shape index (κ3) is 6.94.